The molecule has 152 valence electrons. The van der Waals surface area contributed by atoms with Crippen LogP contribution in [0.4, 0.5) is 0 Å². The van der Waals surface area contributed by atoms with Crippen molar-refractivity contribution in [2.75, 3.05) is 7.11 Å². The van der Waals surface area contributed by atoms with Crippen molar-refractivity contribution < 1.29 is 9.53 Å². The van der Waals surface area contributed by atoms with E-state index < -0.39 is 0 Å². The molecular weight excluding hydrogens is 362 g/mol. The van der Waals surface area contributed by atoms with E-state index in [1.54, 1.807) is 13.3 Å². The van der Waals surface area contributed by atoms with Crippen molar-refractivity contribution in [3.05, 3.63) is 83.4 Å². The summed E-state index contributed by atoms with van der Waals surface area (Å²) >= 11 is 0. The summed E-state index contributed by atoms with van der Waals surface area (Å²) in [5.74, 6) is 1.54. The number of nitrogens with zero attached hydrogens (tertiary/aromatic N) is 2. The lowest BCUT2D eigenvalue weighted by Gasteiger charge is -2.19. The van der Waals surface area contributed by atoms with Crippen LogP contribution in [0.5, 0.6) is 5.75 Å². The van der Waals surface area contributed by atoms with Crippen LogP contribution in [0.25, 0.3) is 0 Å². The Morgan fingerprint density at radius 1 is 1.10 bits per heavy atom. The summed E-state index contributed by atoms with van der Waals surface area (Å²) in [7, 11) is 3.57. The molecule has 0 radical (unpaired) electrons. The summed E-state index contributed by atoms with van der Waals surface area (Å²) in [6.07, 6.45) is 7.42. The van der Waals surface area contributed by atoms with Crippen LogP contribution >= 0.6 is 0 Å². The van der Waals surface area contributed by atoms with Crippen LogP contribution in [0.2, 0.25) is 0 Å². The SMILES string of the molecule is CCCCc1ccc(CC(=O)NC(c2ccc(OC)cc2)c2nccn2C)cc1. The van der Waals surface area contributed by atoms with E-state index in [0.717, 1.165) is 29.1 Å². The molecule has 2 aromatic carbocycles. The van der Waals surface area contributed by atoms with Crippen LogP contribution in [0.3, 0.4) is 0 Å². The topological polar surface area (TPSA) is 56.1 Å². The predicted molar refractivity (Wildman–Crippen MR) is 115 cm³/mol. The number of rotatable bonds is 9. The van der Waals surface area contributed by atoms with Gasteiger partial charge in [0.2, 0.25) is 5.91 Å². The number of benzene rings is 2. The van der Waals surface area contributed by atoms with Crippen LogP contribution in [0.15, 0.2) is 60.9 Å². The van der Waals surface area contributed by atoms with E-state index in [1.807, 2.05) is 54.2 Å². The number of hydrogen-bond donors (Lipinski definition) is 1. The van der Waals surface area contributed by atoms with Gasteiger partial charge in [-0.15, -0.1) is 0 Å². The maximum atomic E-state index is 12.8. The van der Waals surface area contributed by atoms with Crippen molar-refractivity contribution in [1.82, 2.24) is 14.9 Å². The second-order valence-corrected chi connectivity index (χ2v) is 7.27. The van der Waals surface area contributed by atoms with Gasteiger partial charge in [-0.25, -0.2) is 4.98 Å². The van der Waals surface area contributed by atoms with Crippen molar-refractivity contribution in [1.29, 1.82) is 0 Å². The molecule has 0 aliphatic rings. The Balaban J connectivity index is 1.73. The Kier molecular flexibility index (Phi) is 7.06. The van der Waals surface area contributed by atoms with Gasteiger partial charge in [0.25, 0.3) is 0 Å². The normalized spacial score (nSPS) is 11.8. The number of ether oxygens (including phenoxy) is 1. The fourth-order valence-electron chi connectivity index (χ4n) is 3.35. The van der Waals surface area contributed by atoms with Crippen molar-refractivity contribution in [3.8, 4) is 5.75 Å². The van der Waals surface area contributed by atoms with Gasteiger partial charge >= 0.3 is 0 Å². The molecule has 29 heavy (non-hydrogen) atoms. The number of hydrogen-bond acceptors (Lipinski definition) is 3. The molecule has 1 heterocycles. The first-order valence-electron chi connectivity index (χ1n) is 10.1. The van der Waals surface area contributed by atoms with Gasteiger partial charge in [0.15, 0.2) is 0 Å². The van der Waals surface area contributed by atoms with Crippen molar-refractivity contribution in [2.24, 2.45) is 7.05 Å². The molecule has 1 aromatic heterocycles. The lowest BCUT2D eigenvalue weighted by atomic mass is 10.0. The summed E-state index contributed by atoms with van der Waals surface area (Å²) in [5, 5.41) is 3.15. The van der Waals surface area contributed by atoms with Gasteiger partial charge in [-0.2, -0.15) is 0 Å². The Hall–Kier alpha value is -3.08. The van der Waals surface area contributed by atoms with E-state index >= 15 is 0 Å². The smallest absolute Gasteiger partial charge is 0.225 e. The highest BCUT2D eigenvalue weighted by Gasteiger charge is 2.21. The fraction of sp³-hybridized carbons (Fsp3) is 0.333. The summed E-state index contributed by atoms with van der Waals surface area (Å²) < 4.78 is 7.18. The third kappa shape index (κ3) is 5.47. The quantitative estimate of drug-likeness (QED) is 0.594. The average Bonchev–Trinajstić information content (AvgIpc) is 3.17. The van der Waals surface area contributed by atoms with Crippen LogP contribution < -0.4 is 10.1 Å². The molecule has 0 aliphatic heterocycles. The molecule has 1 unspecified atom stereocenters. The molecule has 1 N–H and O–H groups in total. The Morgan fingerprint density at radius 3 is 2.38 bits per heavy atom. The van der Waals surface area contributed by atoms with Gasteiger partial charge in [0.1, 0.15) is 17.6 Å². The molecule has 0 fully saturated rings. The molecule has 0 bridgehead atoms. The molecular formula is C24H29N3O2. The average molecular weight is 392 g/mol. The molecule has 5 nitrogen and oxygen atoms in total. The first kappa shape index (κ1) is 20.6. The maximum absolute atomic E-state index is 12.8. The molecule has 1 amide bonds. The Bertz CT molecular complexity index is 914. The zero-order valence-corrected chi connectivity index (χ0v) is 17.4. The standard InChI is InChI=1S/C24H29N3O2/c1-4-5-6-18-7-9-19(10-8-18)17-22(28)26-23(24-25-15-16-27(24)2)20-11-13-21(29-3)14-12-20/h7-16,23H,4-6,17H2,1-3H3,(H,26,28). The highest BCUT2D eigenvalue weighted by atomic mass is 16.5. The number of nitrogens with one attached hydrogen (secondary N) is 1. The van der Waals surface area contributed by atoms with Gasteiger partial charge < -0.3 is 14.6 Å². The van der Waals surface area contributed by atoms with E-state index in [-0.39, 0.29) is 11.9 Å². The van der Waals surface area contributed by atoms with E-state index in [0.29, 0.717) is 6.42 Å². The molecule has 5 heteroatoms. The lowest BCUT2D eigenvalue weighted by Crippen LogP contribution is -2.32. The Morgan fingerprint density at radius 2 is 1.79 bits per heavy atom. The van der Waals surface area contributed by atoms with Gasteiger partial charge in [-0.3, -0.25) is 4.79 Å². The number of amides is 1. The minimum absolute atomic E-state index is 0.0323. The second kappa shape index (κ2) is 9.92. The highest BCUT2D eigenvalue weighted by Crippen LogP contribution is 2.23. The molecule has 3 aromatic rings. The van der Waals surface area contributed by atoms with Gasteiger partial charge in [0.05, 0.1) is 13.5 Å². The van der Waals surface area contributed by atoms with Crippen molar-refractivity contribution in [3.63, 3.8) is 0 Å². The van der Waals surface area contributed by atoms with E-state index in [1.165, 1.54) is 18.4 Å². The number of carbonyl (C=O) groups is 1. The third-order valence-electron chi connectivity index (χ3n) is 5.08. The summed E-state index contributed by atoms with van der Waals surface area (Å²) in [4.78, 5) is 17.3. The molecule has 3 rings (SSSR count). The highest BCUT2D eigenvalue weighted by molar-refractivity contribution is 5.79. The lowest BCUT2D eigenvalue weighted by molar-refractivity contribution is -0.121. The van der Waals surface area contributed by atoms with Gasteiger partial charge in [-0.1, -0.05) is 49.7 Å². The zero-order valence-electron chi connectivity index (χ0n) is 17.4. The van der Waals surface area contributed by atoms with Gasteiger partial charge in [-0.05, 0) is 41.7 Å². The first-order valence-corrected chi connectivity index (χ1v) is 10.1. The largest absolute Gasteiger partial charge is 0.497 e. The minimum atomic E-state index is -0.322. The number of aryl methyl sites for hydroxylation is 2. The zero-order chi connectivity index (χ0) is 20.6. The first-order chi connectivity index (χ1) is 14.1. The molecule has 0 saturated carbocycles. The van der Waals surface area contributed by atoms with E-state index in [9.17, 15) is 4.79 Å². The van der Waals surface area contributed by atoms with Crippen LogP contribution in [-0.4, -0.2) is 22.6 Å². The second-order valence-electron chi connectivity index (χ2n) is 7.27. The number of methoxy groups -OCH3 is 1. The number of imidazole rings is 1. The number of aromatic nitrogens is 2. The number of unbranched alkanes of at least 4 members (excludes halogenated alkanes) is 1. The molecule has 1 atom stereocenters. The van der Waals surface area contributed by atoms with Crippen LogP contribution in [-0.2, 0) is 24.7 Å². The van der Waals surface area contributed by atoms with Crippen LogP contribution in [0, 0.1) is 0 Å². The summed E-state index contributed by atoms with van der Waals surface area (Å²) in [6.45, 7) is 2.19. The third-order valence-corrected chi connectivity index (χ3v) is 5.08. The van der Waals surface area contributed by atoms with Crippen molar-refractivity contribution in [2.45, 2.75) is 38.6 Å². The minimum Gasteiger partial charge on any atom is -0.497 e. The number of carbonyl (C=O) groups excluding carboxylic acids is 1. The molecule has 0 spiro atoms. The summed E-state index contributed by atoms with van der Waals surface area (Å²) in [5.41, 5.74) is 3.29. The van der Waals surface area contributed by atoms with Crippen LogP contribution in [0.1, 0.15) is 48.3 Å². The monoisotopic (exact) mass is 391 g/mol. The molecule has 0 aliphatic carbocycles. The van der Waals surface area contributed by atoms with Crippen molar-refractivity contribution >= 4 is 5.91 Å². The maximum Gasteiger partial charge on any atom is 0.225 e. The predicted octanol–water partition coefficient (Wildman–Crippen LogP) is 4.22. The van der Waals surface area contributed by atoms with E-state index in [4.69, 9.17) is 4.74 Å². The summed E-state index contributed by atoms with van der Waals surface area (Å²) in [6, 6.07) is 15.7. The fourth-order valence-corrected chi connectivity index (χ4v) is 3.35. The molecule has 0 saturated heterocycles. The Labute approximate surface area is 172 Å². The van der Waals surface area contributed by atoms with E-state index in [2.05, 4.69) is 29.4 Å². The van der Waals surface area contributed by atoms with Gasteiger partial charge in [0, 0.05) is 19.4 Å².